The van der Waals surface area contributed by atoms with Gasteiger partial charge in [-0.3, -0.25) is 9.36 Å². The van der Waals surface area contributed by atoms with Crippen LogP contribution in [0, 0.1) is 11.3 Å². The van der Waals surface area contributed by atoms with Crippen LogP contribution in [-0.2, 0) is 11.3 Å². The van der Waals surface area contributed by atoms with Gasteiger partial charge in [0.05, 0.1) is 19.1 Å². The first-order valence-electron chi connectivity index (χ1n) is 11.9. The highest BCUT2D eigenvalue weighted by Gasteiger charge is 2.46. The summed E-state index contributed by atoms with van der Waals surface area (Å²) in [6.45, 7) is 7.68. The van der Waals surface area contributed by atoms with Crippen LogP contribution in [0.15, 0.2) is 41.5 Å². The van der Waals surface area contributed by atoms with Gasteiger partial charge in [-0.25, -0.2) is 9.78 Å². The van der Waals surface area contributed by atoms with Gasteiger partial charge in [-0.1, -0.05) is 25.0 Å². The van der Waals surface area contributed by atoms with Crippen molar-refractivity contribution in [3.63, 3.8) is 0 Å². The fraction of sp³-hybridized carbons (Fsp3) is 0.577. The molecule has 1 atom stereocenters. The molecule has 0 N–H and O–H groups in total. The molecule has 1 aliphatic heterocycles. The highest BCUT2D eigenvalue weighted by molar-refractivity contribution is 5.68. The van der Waals surface area contributed by atoms with Gasteiger partial charge in [0.15, 0.2) is 0 Å². The average molecular weight is 454 g/mol. The van der Waals surface area contributed by atoms with Crippen LogP contribution in [0.25, 0.3) is 11.3 Å². The number of para-hydroxylation sites is 1. The van der Waals surface area contributed by atoms with Crippen LogP contribution in [0.4, 0.5) is 4.79 Å². The van der Waals surface area contributed by atoms with E-state index >= 15 is 0 Å². The Balaban J connectivity index is 1.53. The Bertz CT molecular complexity index is 1050. The molecule has 0 bridgehead atoms. The minimum absolute atomic E-state index is 0.0376. The van der Waals surface area contributed by atoms with E-state index in [1.165, 1.54) is 12.8 Å². The van der Waals surface area contributed by atoms with Crippen LogP contribution in [-0.4, -0.2) is 46.3 Å². The Morgan fingerprint density at radius 3 is 2.61 bits per heavy atom. The molecule has 1 aliphatic carbocycles. The summed E-state index contributed by atoms with van der Waals surface area (Å²) in [6, 6.07) is 9.17. The van der Waals surface area contributed by atoms with Gasteiger partial charge in [-0.05, 0) is 63.5 Å². The quantitative estimate of drug-likeness (QED) is 0.669. The SMILES string of the molecule is COc1ccccc1-c1cc(=O)n(C[C@@H]2CCN(C(=O)OC(C)(C)C)CC23CCCC3)cn1. The molecule has 2 heterocycles. The molecule has 2 aliphatic rings. The number of aromatic nitrogens is 2. The molecule has 7 nitrogen and oxygen atoms in total. The molecule has 0 unspecified atom stereocenters. The number of carbonyl (C=O) groups excluding carboxylic acids is 1. The second kappa shape index (κ2) is 9.20. The first-order chi connectivity index (χ1) is 15.7. The number of amides is 1. The number of ether oxygens (including phenoxy) is 2. The summed E-state index contributed by atoms with van der Waals surface area (Å²) < 4.78 is 12.8. The zero-order chi connectivity index (χ0) is 23.6. The molecule has 178 valence electrons. The van der Waals surface area contributed by atoms with Gasteiger partial charge in [0, 0.05) is 31.3 Å². The van der Waals surface area contributed by atoms with Crippen LogP contribution in [0.1, 0.15) is 52.9 Å². The first kappa shape index (κ1) is 23.3. The number of rotatable bonds is 4. The van der Waals surface area contributed by atoms with E-state index in [-0.39, 0.29) is 17.1 Å². The fourth-order valence-electron chi connectivity index (χ4n) is 5.42. The predicted octanol–water partition coefficient (Wildman–Crippen LogP) is 4.74. The molecule has 1 saturated heterocycles. The summed E-state index contributed by atoms with van der Waals surface area (Å²) in [7, 11) is 1.62. The summed E-state index contributed by atoms with van der Waals surface area (Å²) in [5.74, 6) is 1.02. The van der Waals surface area contributed by atoms with Gasteiger partial charge in [-0.2, -0.15) is 0 Å². The van der Waals surface area contributed by atoms with Gasteiger partial charge < -0.3 is 14.4 Å². The number of nitrogens with zero attached hydrogens (tertiary/aromatic N) is 3. The topological polar surface area (TPSA) is 73.7 Å². The smallest absolute Gasteiger partial charge is 0.410 e. The van der Waals surface area contributed by atoms with Crippen LogP contribution in [0.3, 0.4) is 0 Å². The summed E-state index contributed by atoms with van der Waals surface area (Å²) >= 11 is 0. The van der Waals surface area contributed by atoms with Crippen molar-refractivity contribution >= 4 is 6.09 Å². The van der Waals surface area contributed by atoms with Crippen LogP contribution in [0.5, 0.6) is 5.75 Å². The molecular formula is C26H35N3O4. The Labute approximate surface area is 195 Å². The second-order valence-corrected chi connectivity index (χ2v) is 10.4. The number of hydrogen-bond donors (Lipinski definition) is 0. The Kier molecular flexibility index (Phi) is 6.50. The normalized spacial score (nSPS) is 20.1. The molecule has 1 spiro atoms. The third-order valence-electron chi connectivity index (χ3n) is 7.05. The lowest BCUT2D eigenvalue weighted by Crippen LogP contribution is -2.52. The number of benzene rings is 1. The van der Waals surface area contributed by atoms with Crippen molar-refractivity contribution in [2.75, 3.05) is 20.2 Å². The molecular weight excluding hydrogens is 418 g/mol. The van der Waals surface area contributed by atoms with Gasteiger partial charge >= 0.3 is 6.09 Å². The van der Waals surface area contributed by atoms with Crippen molar-refractivity contribution in [1.29, 1.82) is 0 Å². The van der Waals surface area contributed by atoms with E-state index in [1.54, 1.807) is 24.1 Å². The van der Waals surface area contributed by atoms with E-state index < -0.39 is 5.60 Å². The third kappa shape index (κ3) is 5.07. The van der Waals surface area contributed by atoms with Gasteiger partial charge in [-0.15, -0.1) is 0 Å². The Hall–Kier alpha value is -2.83. The molecule has 0 radical (unpaired) electrons. The Morgan fingerprint density at radius 2 is 1.94 bits per heavy atom. The predicted molar refractivity (Wildman–Crippen MR) is 127 cm³/mol. The van der Waals surface area contributed by atoms with Crippen molar-refractivity contribution in [2.24, 2.45) is 11.3 Å². The summed E-state index contributed by atoms with van der Waals surface area (Å²) in [5, 5.41) is 0. The number of likely N-dealkylation sites (tertiary alicyclic amines) is 1. The van der Waals surface area contributed by atoms with Gasteiger partial charge in [0.2, 0.25) is 0 Å². The van der Waals surface area contributed by atoms with Gasteiger partial charge in [0.1, 0.15) is 11.4 Å². The highest BCUT2D eigenvalue weighted by Crippen LogP contribution is 2.49. The van der Waals surface area contributed by atoms with E-state index in [4.69, 9.17) is 9.47 Å². The molecule has 1 saturated carbocycles. The molecule has 7 heteroatoms. The molecule has 33 heavy (non-hydrogen) atoms. The highest BCUT2D eigenvalue weighted by atomic mass is 16.6. The number of methoxy groups -OCH3 is 1. The maximum absolute atomic E-state index is 13.0. The van der Waals surface area contributed by atoms with Crippen molar-refractivity contribution in [3.8, 4) is 17.0 Å². The molecule has 2 aromatic rings. The minimum atomic E-state index is -0.501. The molecule has 4 rings (SSSR count). The van der Waals surface area contributed by atoms with Crippen LogP contribution >= 0.6 is 0 Å². The molecule has 1 aromatic carbocycles. The van der Waals surface area contributed by atoms with Gasteiger partial charge in [0.25, 0.3) is 5.56 Å². The first-order valence-corrected chi connectivity index (χ1v) is 11.9. The maximum atomic E-state index is 13.0. The molecule has 2 fully saturated rings. The zero-order valence-electron chi connectivity index (χ0n) is 20.2. The lowest BCUT2D eigenvalue weighted by atomic mass is 9.69. The largest absolute Gasteiger partial charge is 0.496 e. The lowest BCUT2D eigenvalue weighted by molar-refractivity contribution is -0.0156. The number of carbonyl (C=O) groups is 1. The standard InChI is InChI=1S/C26H35N3O4/c1-25(2,3)33-24(31)28-14-11-19(26(17-28)12-7-8-13-26)16-29-18-27-21(15-23(29)30)20-9-5-6-10-22(20)32-4/h5-6,9-10,15,18-19H,7-8,11-14,16-17H2,1-4H3/t19-/m0/s1. The molecule has 1 amide bonds. The second-order valence-electron chi connectivity index (χ2n) is 10.4. The summed E-state index contributed by atoms with van der Waals surface area (Å²) in [6.07, 6.45) is 6.79. The number of hydrogen-bond acceptors (Lipinski definition) is 5. The van der Waals surface area contributed by atoms with E-state index in [0.29, 0.717) is 37.0 Å². The number of piperidine rings is 1. The monoisotopic (exact) mass is 453 g/mol. The zero-order valence-corrected chi connectivity index (χ0v) is 20.2. The van der Waals surface area contributed by atoms with Crippen molar-refractivity contribution in [2.45, 2.75) is 65.0 Å². The van der Waals surface area contributed by atoms with E-state index in [0.717, 1.165) is 24.8 Å². The molecule has 1 aromatic heterocycles. The summed E-state index contributed by atoms with van der Waals surface area (Å²) in [4.78, 5) is 32.2. The lowest BCUT2D eigenvalue weighted by Gasteiger charge is -2.46. The van der Waals surface area contributed by atoms with E-state index in [1.807, 2.05) is 49.9 Å². The van der Waals surface area contributed by atoms with Crippen molar-refractivity contribution in [1.82, 2.24) is 14.5 Å². The maximum Gasteiger partial charge on any atom is 0.410 e. The van der Waals surface area contributed by atoms with Crippen molar-refractivity contribution < 1.29 is 14.3 Å². The van der Waals surface area contributed by atoms with Crippen LogP contribution in [0.2, 0.25) is 0 Å². The third-order valence-corrected chi connectivity index (χ3v) is 7.05. The van der Waals surface area contributed by atoms with Crippen LogP contribution < -0.4 is 10.3 Å². The van der Waals surface area contributed by atoms with Crippen molar-refractivity contribution in [3.05, 3.63) is 47.0 Å². The van der Waals surface area contributed by atoms with E-state index in [9.17, 15) is 9.59 Å². The average Bonchev–Trinajstić information content (AvgIpc) is 3.24. The van der Waals surface area contributed by atoms with E-state index in [2.05, 4.69) is 4.98 Å². The minimum Gasteiger partial charge on any atom is -0.496 e. The fourth-order valence-corrected chi connectivity index (χ4v) is 5.42. The Morgan fingerprint density at radius 1 is 1.21 bits per heavy atom. The summed E-state index contributed by atoms with van der Waals surface area (Å²) in [5.41, 5.74) is 0.898.